The SMILES string of the molecule is COc1cc(NC(=O)CCCCCN)ccc1C(=O)O. The molecule has 20 heavy (non-hydrogen) atoms. The number of carboxylic acids is 1. The molecule has 0 aliphatic rings. The normalized spacial score (nSPS) is 10.1. The molecule has 110 valence electrons. The molecule has 4 N–H and O–H groups in total. The molecule has 6 nitrogen and oxygen atoms in total. The number of carbonyl (C=O) groups is 2. The molecule has 0 bridgehead atoms. The second-order valence-corrected chi connectivity index (χ2v) is 4.37. The van der Waals surface area contributed by atoms with Gasteiger partial charge in [0.05, 0.1) is 7.11 Å². The van der Waals surface area contributed by atoms with E-state index >= 15 is 0 Å². The summed E-state index contributed by atoms with van der Waals surface area (Å²) in [5.74, 6) is -0.952. The lowest BCUT2D eigenvalue weighted by atomic mass is 10.1. The number of methoxy groups -OCH3 is 1. The van der Waals surface area contributed by atoms with Crippen LogP contribution in [0.3, 0.4) is 0 Å². The van der Waals surface area contributed by atoms with Crippen LogP contribution in [0.2, 0.25) is 0 Å². The van der Waals surface area contributed by atoms with Crippen LogP contribution in [0.15, 0.2) is 18.2 Å². The molecule has 6 heteroatoms. The summed E-state index contributed by atoms with van der Waals surface area (Å²) in [7, 11) is 1.39. The van der Waals surface area contributed by atoms with Crippen molar-refractivity contribution in [2.24, 2.45) is 5.73 Å². The number of nitrogens with one attached hydrogen (secondary N) is 1. The molecule has 0 heterocycles. The van der Waals surface area contributed by atoms with E-state index in [9.17, 15) is 9.59 Å². The molecule has 1 rings (SSSR count). The van der Waals surface area contributed by atoms with Crippen LogP contribution in [0.25, 0.3) is 0 Å². The third kappa shape index (κ3) is 4.89. The summed E-state index contributed by atoms with van der Waals surface area (Å²) >= 11 is 0. The molecular formula is C14H20N2O4. The van der Waals surface area contributed by atoms with Crippen molar-refractivity contribution >= 4 is 17.6 Å². The number of hydrogen-bond donors (Lipinski definition) is 3. The Morgan fingerprint density at radius 1 is 1.30 bits per heavy atom. The van der Waals surface area contributed by atoms with Gasteiger partial charge in [0.1, 0.15) is 11.3 Å². The number of ether oxygens (including phenoxy) is 1. The predicted octanol–water partition coefficient (Wildman–Crippen LogP) is 1.85. The Balaban J connectivity index is 2.59. The fraction of sp³-hybridized carbons (Fsp3) is 0.429. The molecule has 0 saturated carbocycles. The minimum Gasteiger partial charge on any atom is -0.496 e. The highest BCUT2D eigenvalue weighted by Gasteiger charge is 2.12. The average Bonchev–Trinajstić information content (AvgIpc) is 2.43. The number of amides is 1. The minimum atomic E-state index is -1.07. The highest BCUT2D eigenvalue weighted by Crippen LogP contribution is 2.23. The van der Waals surface area contributed by atoms with Crippen LogP contribution < -0.4 is 15.8 Å². The molecule has 0 aliphatic carbocycles. The van der Waals surface area contributed by atoms with E-state index in [0.29, 0.717) is 18.7 Å². The second kappa shape index (κ2) is 8.16. The summed E-state index contributed by atoms with van der Waals surface area (Å²) in [4.78, 5) is 22.6. The molecule has 1 aromatic carbocycles. The number of carboxylic acid groups (broad SMARTS) is 1. The van der Waals surface area contributed by atoms with Crippen LogP contribution >= 0.6 is 0 Å². The maximum Gasteiger partial charge on any atom is 0.339 e. The van der Waals surface area contributed by atoms with Crippen molar-refractivity contribution in [3.63, 3.8) is 0 Å². The zero-order chi connectivity index (χ0) is 15.0. The fourth-order valence-corrected chi connectivity index (χ4v) is 1.78. The third-order valence-corrected chi connectivity index (χ3v) is 2.82. The van der Waals surface area contributed by atoms with Crippen LogP contribution in [0.5, 0.6) is 5.75 Å². The quantitative estimate of drug-likeness (QED) is 0.631. The van der Waals surface area contributed by atoms with E-state index in [1.165, 1.54) is 19.2 Å². The summed E-state index contributed by atoms with van der Waals surface area (Å²) in [6.07, 6.45) is 3.04. The highest BCUT2D eigenvalue weighted by atomic mass is 16.5. The molecule has 0 aromatic heterocycles. The van der Waals surface area contributed by atoms with Crippen molar-refractivity contribution in [2.75, 3.05) is 19.0 Å². The van der Waals surface area contributed by atoms with Crippen LogP contribution in [-0.2, 0) is 4.79 Å². The van der Waals surface area contributed by atoms with E-state index in [1.54, 1.807) is 6.07 Å². The largest absolute Gasteiger partial charge is 0.496 e. The van der Waals surface area contributed by atoms with Gasteiger partial charge in [0, 0.05) is 18.2 Å². The van der Waals surface area contributed by atoms with E-state index in [-0.39, 0.29) is 17.2 Å². The van der Waals surface area contributed by atoms with E-state index in [4.69, 9.17) is 15.6 Å². The Kier molecular flexibility index (Phi) is 6.52. The van der Waals surface area contributed by atoms with Gasteiger partial charge in [-0.3, -0.25) is 4.79 Å². The van der Waals surface area contributed by atoms with Gasteiger partial charge in [-0.2, -0.15) is 0 Å². The monoisotopic (exact) mass is 280 g/mol. The average molecular weight is 280 g/mol. The highest BCUT2D eigenvalue weighted by molar-refractivity contribution is 5.94. The zero-order valence-corrected chi connectivity index (χ0v) is 11.5. The van der Waals surface area contributed by atoms with Crippen molar-refractivity contribution in [3.05, 3.63) is 23.8 Å². The molecule has 0 spiro atoms. The summed E-state index contributed by atoms with van der Waals surface area (Å²) < 4.78 is 5.00. The number of anilines is 1. The molecular weight excluding hydrogens is 260 g/mol. The molecule has 1 amide bonds. The van der Waals surface area contributed by atoms with Crippen molar-refractivity contribution < 1.29 is 19.4 Å². The Morgan fingerprint density at radius 3 is 2.65 bits per heavy atom. The van der Waals surface area contributed by atoms with Gasteiger partial charge < -0.3 is 20.9 Å². The Morgan fingerprint density at radius 2 is 2.05 bits per heavy atom. The minimum absolute atomic E-state index is 0.0634. The van der Waals surface area contributed by atoms with Crippen molar-refractivity contribution in [1.82, 2.24) is 0 Å². The molecule has 0 saturated heterocycles. The Labute approximate surface area is 117 Å². The van der Waals surface area contributed by atoms with Crippen molar-refractivity contribution in [2.45, 2.75) is 25.7 Å². The standard InChI is InChI=1S/C14H20N2O4/c1-20-12-9-10(6-7-11(12)14(18)19)16-13(17)5-3-2-4-8-15/h6-7,9H,2-5,8,15H2,1H3,(H,16,17)(H,18,19). The van der Waals surface area contributed by atoms with Crippen molar-refractivity contribution in [1.29, 1.82) is 0 Å². The molecule has 0 unspecified atom stereocenters. The molecule has 0 aliphatic heterocycles. The van der Waals surface area contributed by atoms with Gasteiger partial charge >= 0.3 is 5.97 Å². The lowest BCUT2D eigenvalue weighted by Crippen LogP contribution is -2.12. The number of hydrogen-bond acceptors (Lipinski definition) is 4. The maximum absolute atomic E-state index is 11.7. The lowest BCUT2D eigenvalue weighted by Gasteiger charge is -2.09. The summed E-state index contributed by atoms with van der Waals surface area (Å²) in [6, 6.07) is 4.45. The number of carbonyl (C=O) groups excluding carboxylic acids is 1. The number of nitrogens with two attached hydrogens (primary N) is 1. The van der Waals surface area contributed by atoms with E-state index in [1.807, 2.05) is 0 Å². The zero-order valence-electron chi connectivity index (χ0n) is 11.5. The molecule has 0 fully saturated rings. The van der Waals surface area contributed by atoms with Gasteiger partial charge in [0.2, 0.25) is 5.91 Å². The van der Waals surface area contributed by atoms with E-state index in [0.717, 1.165) is 19.3 Å². The topological polar surface area (TPSA) is 102 Å². The number of aromatic carboxylic acids is 1. The summed E-state index contributed by atoms with van der Waals surface area (Å²) in [6.45, 7) is 0.634. The van der Waals surface area contributed by atoms with Crippen molar-refractivity contribution in [3.8, 4) is 5.75 Å². The fourth-order valence-electron chi connectivity index (χ4n) is 1.78. The summed E-state index contributed by atoms with van der Waals surface area (Å²) in [5.41, 5.74) is 5.96. The smallest absolute Gasteiger partial charge is 0.339 e. The molecule has 0 radical (unpaired) electrons. The lowest BCUT2D eigenvalue weighted by molar-refractivity contribution is -0.116. The Hall–Kier alpha value is -2.08. The van der Waals surface area contributed by atoms with Gasteiger partial charge in [-0.1, -0.05) is 6.42 Å². The van der Waals surface area contributed by atoms with Crippen LogP contribution in [0.1, 0.15) is 36.0 Å². The number of rotatable bonds is 8. The maximum atomic E-state index is 11.7. The molecule has 0 atom stereocenters. The van der Waals surface area contributed by atoms with Gasteiger partial charge in [-0.25, -0.2) is 4.79 Å². The van der Waals surface area contributed by atoms with Gasteiger partial charge in [-0.05, 0) is 31.5 Å². The summed E-state index contributed by atoms with van der Waals surface area (Å²) in [5, 5.41) is 11.7. The van der Waals surface area contributed by atoms with Gasteiger partial charge in [0.25, 0.3) is 0 Å². The first-order valence-corrected chi connectivity index (χ1v) is 6.49. The first-order valence-electron chi connectivity index (χ1n) is 6.49. The van der Waals surface area contributed by atoms with Gasteiger partial charge in [0.15, 0.2) is 0 Å². The third-order valence-electron chi connectivity index (χ3n) is 2.82. The predicted molar refractivity (Wildman–Crippen MR) is 76.1 cm³/mol. The van der Waals surface area contributed by atoms with Crippen LogP contribution in [0.4, 0.5) is 5.69 Å². The Bertz CT molecular complexity index is 474. The number of benzene rings is 1. The van der Waals surface area contributed by atoms with E-state index < -0.39 is 5.97 Å². The first kappa shape index (κ1) is 16.0. The first-order chi connectivity index (χ1) is 9.58. The van der Waals surface area contributed by atoms with Crippen LogP contribution in [-0.4, -0.2) is 30.6 Å². The van der Waals surface area contributed by atoms with E-state index in [2.05, 4.69) is 5.32 Å². The second-order valence-electron chi connectivity index (χ2n) is 4.37. The molecule has 1 aromatic rings. The van der Waals surface area contributed by atoms with Crippen LogP contribution in [0, 0.1) is 0 Å². The van der Waals surface area contributed by atoms with Gasteiger partial charge in [-0.15, -0.1) is 0 Å². The number of unbranched alkanes of at least 4 members (excludes halogenated alkanes) is 2.